The number of aromatic nitrogens is 1. The van der Waals surface area contributed by atoms with E-state index in [0.717, 1.165) is 0 Å². The Bertz CT molecular complexity index is 650. The molecule has 1 heterocycles. The molecule has 0 aliphatic heterocycles. The maximum absolute atomic E-state index is 11.9. The normalized spacial score (nSPS) is 10.3. The summed E-state index contributed by atoms with van der Waals surface area (Å²) in [6, 6.07) is 7.89. The number of nitrogens with one attached hydrogen (secondary N) is 2. The third kappa shape index (κ3) is 3.16. The fraction of sp³-hybridized carbons (Fsp3) is 0.0769. The number of carbonyl (C=O) groups is 2. The van der Waals surface area contributed by atoms with Gasteiger partial charge in [0.05, 0.1) is 15.7 Å². The monoisotopic (exact) mass is 296 g/mol. The molecular formula is C13H10Cl2N2O2. The van der Waals surface area contributed by atoms with Crippen LogP contribution in [0.4, 0.5) is 5.69 Å². The Hall–Kier alpha value is -1.78. The first-order chi connectivity index (χ1) is 8.97. The Morgan fingerprint density at radius 2 is 1.74 bits per heavy atom. The van der Waals surface area contributed by atoms with Crippen LogP contribution in [-0.2, 0) is 0 Å². The van der Waals surface area contributed by atoms with E-state index in [-0.39, 0.29) is 11.7 Å². The van der Waals surface area contributed by atoms with Crippen molar-refractivity contribution in [3.05, 3.63) is 51.8 Å². The van der Waals surface area contributed by atoms with E-state index in [4.69, 9.17) is 23.2 Å². The summed E-state index contributed by atoms with van der Waals surface area (Å²) in [5, 5.41) is 3.43. The number of halogens is 2. The molecule has 98 valence electrons. The summed E-state index contributed by atoms with van der Waals surface area (Å²) < 4.78 is 0. The smallest absolute Gasteiger partial charge is 0.272 e. The molecule has 2 rings (SSSR count). The molecule has 1 aromatic carbocycles. The van der Waals surface area contributed by atoms with Crippen LogP contribution in [0.1, 0.15) is 27.9 Å². The van der Waals surface area contributed by atoms with Crippen molar-refractivity contribution in [2.75, 3.05) is 5.32 Å². The number of aromatic amines is 1. The van der Waals surface area contributed by atoms with Gasteiger partial charge >= 0.3 is 0 Å². The van der Waals surface area contributed by atoms with Gasteiger partial charge in [-0.25, -0.2) is 0 Å². The summed E-state index contributed by atoms with van der Waals surface area (Å²) in [6.45, 7) is 1.42. The maximum atomic E-state index is 11.9. The van der Waals surface area contributed by atoms with Crippen molar-refractivity contribution in [2.45, 2.75) is 6.92 Å². The summed E-state index contributed by atoms with van der Waals surface area (Å²) in [5.74, 6) is -0.487. The van der Waals surface area contributed by atoms with Crippen LogP contribution in [0.3, 0.4) is 0 Å². The lowest BCUT2D eigenvalue weighted by Gasteiger charge is -2.05. The van der Waals surface area contributed by atoms with Gasteiger partial charge in [0.1, 0.15) is 5.69 Å². The number of H-pyrrole nitrogens is 1. The van der Waals surface area contributed by atoms with Crippen LogP contribution < -0.4 is 5.32 Å². The third-order valence-electron chi connectivity index (χ3n) is 2.49. The van der Waals surface area contributed by atoms with Gasteiger partial charge in [-0.05, 0) is 30.3 Å². The van der Waals surface area contributed by atoms with Crippen molar-refractivity contribution in [2.24, 2.45) is 0 Å². The van der Waals surface area contributed by atoms with Crippen molar-refractivity contribution < 1.29 is 9.59 Å². The first-order valence-corrected chi connectivity index (χ1v) is 6.19. The number of carbonyl (C=O) groups excluding carboxylic acids is 2. The minimum absolute atomic E-state index is 0.131. The van der Waals surface area contributed by atoms with Gasteiger partial charge in [-0.1, -0.05) is 23.2 Å². The molecule has 0 aliphatic rings. The fourth-order valence-corrected chi connectivity index (χ4v) is 1.80. The van der Waals surface area contributed by atoms with Crippen molar-refractivity contribution >= 4 is 40.6 Å². The zero-order chi connectivity index (χ0) is 14.0. The minimum atomic E-state index is -0.356. The molecular weight excluding hydrogens is 287 g/mol. The van der Waals surface area contributed by atoms with Crippen LogP contribution in [0.15, 0.2) is 30.3 Å². The molecule has 1 amide bonds. The van der Waals surface area contributed by atoms with Gasteiger partial charge in [0.25, 0.3) is 5.91 Å². The Balaban J connectivity index is 2.15. The van der Waals surface area contributed by atoms with Crippen molar-refractivity contribution in [1.29, 1.82) is 0 Å². The Morgan fingerprint density at radius 1 is 1.05 bits per heavy atom. The Morgan fingerprint density at radius 3 is 2.32 bits per heavy atom. The number of hydrogen-bond acceptors (Lipinski definition) is 2. The second-order valence-corrected chi connectivity index (χ2v) is 4.74. The minimum Gasteiger partial charge on any atom is -0.348 e. The molecule has 0 fully saturated rings. The molecule has 0 atom stereocenters. The maximum Gasteiger partial charge on any atom is 0.272 e. The molecule has 0 spiro atoms. The van der Waals surface area contributed by atoms with Crippen LogP contribution in [-0.4, -0.2) is 16.7 Å². The quantitative estimate of drug-likeness (QED) is 0.847. The van der Waals surface area contributed by atoms with Crippen molar-refractivity contribution in [3.63, 3.8) is 0 Å². The number of amides is 1. The van der Waals surface area contributed by atoms with Crippen LogP contribution in [0.2, 0.25) is 10.0 Å². The lowest BCUT2D eigenvalue weighted by atomic mass is 10.3. The predicted molar refractivity (Wildman–Crippen MR) is 75.2 cm³/mol. The topological polar surface area (TPSA) is 62.0 Å². The highest BCUT2D eigenvalue weighted by atomic mass is 35.5. The van der Waals surface area contributed by atoms with Crippen LogP contribution in [0, 0.1) is 0 Å². The highest BCUT2D eigenvalue weighted by Crippen LogP contribution is 2.25. The molecule has 6 heteroatoms. The summed E-state index contributed by atoms with van der Waals surface area (Å²) in [5.41, 5.74) is 1.22. The van der Waals surface area contributed by atoms with Gasteiger partial charge in [0.2, 0.25) is 0 Å². The first kappa shape index (κ1) is 13.6. The molecule has 0 aliphatic carbocycles. The Kier molecular flexibility index (Phi) is 3.93. The second kappa shape index (κ2) is 5.47. The first-order valence-electron chi connectivity index (χ1n) is 5.43. The van der Waals surface area contributed by atoms with E-state index in [9.17, 15) is 9.59 Å². The van der Waals surface area contributed by atoms with Crippen molar-refractivity contribution in [1.82, 2.24) is 4.98 Å². The molecule has 0 saturated carbocycles. The van der Waals surface area contributed by atoms with Crippen LogP contribution in [0.5, 0.6) is 0 Å². The number of rotatable bonds is 3. The van der Waals surface area contributed by atoms with Gasteiger partial charge < -0.3 is 10.3 Å². The van der Waals surface area contributed by atoms with Gasteiger partial charge in [-0.3, -0.25) is 9.59 Å². The molecule has 2 aromatic rings. The molecule has 2 N–H and O–H groups in total. The molecule has 0 unspecified atom stereocenters. The van der Waals surface area contributed by atoms with Crippen molar-refractivity contribution in [3.8, 4) is 0 Å². The lowest BCUT2D eigenvalue weighted by molar-refractivity contribution is 0.101. The van der Waals surface area contributed by atoms with Crippen LogP contribution >= 0.6 is 23.2 Å². The average molecular weight is 297 g/mol. The average Bonchev–Trinajstić information content (AvgIpc) is 2.83. The summed E-state index contributed by atoms with van der Waals surface area (Å²) in [4.78, 5) is 25.8. The van der Waals surface area contributed by atoms with Crippen LogP contribution in [0.25, 0.3) is 0 Å². The number of benzene rings is 1. The highest BCUT2D eigenvalue weighted by molar-refractivity contribution is 6.42. The SMILES string of the molecule is CC(=O)c1ccc(C(=O)Nc2ccc(Cl)c(Cl)c2)[nH]1. The van der Waals surface area contributed by atoms with Gasteiger partial charge in [0, 0.05) is 12.6 Å². The third-order valence-corrected chi connectivity index (χ3v) is 3.23. The molecule has 0 bridgehead atoms. The van der Waals surface area contributed by atoms with E-state index in [2.05, 4.69) is 10.3 Å². The van der Waals surface area contributed by atoms with Gasteiger partial charge in [-0.15, -0.1) is 0 Å². The zero-order valence-corrected chi connectivity index (χ0v) is 11.5. The molecule has 0 radical (unpaired) electrons. The van der Waals surface area contributed by atoms with E-state index in [1.54, 1.807) is 30.3 Å². The molecule has 1 aromatic heterocycles. The fourth-order valence-electron chi connectivity index (χ4n) is 1.51. The predicted octanol–water partition coefficient (Wildman–Crippen LogP) is 3.78. The lowest BCUT2D eigenvalue weighted by Crippen LogP contribution is -2.12. The number of Topliss-reactive ketones (excluding diaryl/α,β-unsaturated/α-hetero) is 1. The van der Waals surface area contributed by atoms with E-state index in [1.807, 2.05) is 0 Å². The summed E-state index contributed by atoms with van der Waals surface area (Å²) in [6.07, 6.45) is 0. The zero-order valence-electron chi connectivity index (χ0n) is 9.96. The number of anilines is 1. The van der Waals surface area contributed by atoms with E-state index < -0.39 is 0 Å². The number of ketones is 1. The van der Waals surface area contributed by atoms with Gasteiger partial charge in [0.15, 0.2) is 5.78 Å². The van der Waals surface area contributed by atoms with E-state index >= 15 is 0 Å². The standard InChI is InChI=1S/C13H10Cl2N2O2/c1-7(18)11-4-5-12(17-11)13(19)16-8-2-3-9(14)10(15)6-8/h2-6,17H,1H3,(H,16,19). The van der Waals surface area contributed by atoms with E-state index in [1.165, 1.54) is 6.92 Å². The second-order valence-electron chi connectivity index (χ2n) is 3.92. The molecule has 4 nitrogen and oxygen atoms in total. The Labute approximate surface area is 119 Å². The molecule has 0 saturated heterocycles. The van der Waals surface area contributed by atoms with Gasteiger partial charge in [-0.2, -0.15) is 0 Å². The number of hydrogen-bond donors (Lipinski definition) is 2. The largest absolute Gasteiger partial charge is 0.348 e. The highest BCUT2D eigenvalue weighted by Gasteiger charge is 2.11. The van der Waals surface area contributed by atoms with E-state index in [0.29, 0.717) is 27.1 Å². The molecule has 19 heavy (non-hydrogen) atoms. The summed E-state index contributed by atoms with van der Waals surface area (Å²) in [7, 11) is 0. The summed E-state index contributed by atoms with van der Waals surface area (Å²) >= 11 is 11.6.